The van der Waals surface area contributed by atoms with Crippen molar-refractivity contribution in [1.82, 2.24) is 4.90 Å². The van der Waals surface area contributed by atoms with E-state index in [0.717, 1.165) is 34.1 Å². The van der Waals surface area contributed by atoms with Gasteiger partial charge in [-0.2, -0.15) is 0 Å². The predicted molar refractivity (Wildman–Crippen MR) is 108 cm³/mol. The van der Waals surface area contributed by atoms with Crippen LogP contribution in [-0.2, 0) is 6.61 Å². The van der Waals surface area contributed by atoms with Crippen molar-refractivity contribution in [2.24, 2.45) is 0 Å². The fourth-order valence-electron chi connectivity index (χ4n) is 2.99. The van der Waals surface area contributed by atoms with Crippen LogP contribution in [0.5, 0.6) is 5.75 Å². The summed E-state index contributed by atoms with van der Waals surface area (Å²) in [6.07, 6.45) is 0. The van der Waals surface area contributed by atoms with Crippen LogP contribution in [0, 0.1) is 0 Å². The number of thioether (sulfide) groups is 1. The number of hydrogen-bond donors (Lipinski definition) is 0. The fraction of sp³-hybridized carbons (Fsp3) is 0.190. The maximum atomic E-state index is 12.8. The van der Waals surface area contributed by atoms with Crippen LogP contribution < -0.4 is 4.74 Å². The van der Waals surface area contributed by atoms with Gasteiger partial charge in [-0.15, -0.1) is 23.1 Å². The normalized spacial score (nSPS) is 16.6. The van der Waals surface area contributed by atoms with Crippen LogP contribution in [0.15, 0.2) is 72.1 Å². The summed E-state index contributed by atoms with van der Waals surface area (Å²) in [5, 5.41) is 1.99. The molecule has 0 aliphatic carbocycles. The number of amides is 1. The Morgan fingerprint density at radius 3 is 2.77 bits per heavy atom. The van der Waals surface area contributed by atoms with Crippen molar-refractivity contribution in [3.8, 4) is 5.75 Å². The Morgan fingerprint density at radius 1 is 1.08 bits per heavy atom. The highest BCUT2D eigenvalue weighted by Gasteiger charge is 2.31. The number of carbonyl (C=O) groups excluding carboxylic acids is 1. The van der Waals surface area contributed by atoms with Crippen LogP contribution in [0.3, 0.4) is 0 Å². The van der Waals surface area contributed by atoms with Crippen LogP contribution in [-0.4, -0.2) is 23.1 Å². The lowest BCUT2D eigenvalue weighted by Gasteiger charge is -2.24. The number of hydrogen-bond acceptors (Lipinski definition) is 4. The maximum absolute atomic E-state index is 12.8. The highest BCUT2D eigenvalue weighted by molar-refractivity contribution is 7.99. The molecule has 1 amide bonds. The molecular weight excluding hydrogens is 362 g/mol. The van der Waals surface area contributed by atoms with Crippen LogP contribution in [0.4, 0.5) is 0 Å². The van der Waals surface area contributed by atoms with Gasteiger partial charge in [0.1, 0.15) is 17.7 Å². The van der Waals surface area contributed by atoms with E-state index in [1.54, 1.807) is 11.8 Å². The first kappa shape index (κ1) is 17.2. The molecule has 0 spiro atoms. The van der Waals surface area contributed by atoms with Gasteiger partial charge in [-0.1, -0.05) is 48.5 Å². The fourth-order valence-corrected chi connectivity index (χ4v) is 4.92. The monoisotopic (exact) mass is 381 g/mol. The number of carbonyl (C=O) groups is 1. The molecule has 1 fully saturated rings. The molecule has 1 saturated heterocycles. The van der Waals surface area contributed by atoms with Gasteiger partial charge in [-0.05, 0) is 34.7 Å². The van der Waals surface area contributed by atoms with Gasteiger partial charge in [-0.25, -0.2) is 0 Å². The van der Waals surface area contributed by atoms with E-state index in [-0.39, 0.29) is 11.3 Å². The van der Waals surface area contributed by atoms with Crippen molar-refractivity contribution >= 4 is 29.0 Å². The lowest BCUT2D eigenvalue weighted by Crippen LogP contribution is -2.29. The number of thiophene rings is 1. The zero-order valence-corrected chi connectivity index (χ0v) is 15.8. The molecule has 2 aromatic carbocycles. The summed E-state index contributed by atoms with van der Waals surface area (Å²) in [6.45, 7) is 1.32. The second-order valence-corrected chi connectivity index (χ2v) is 8.18. The second kappa shape index (κ2) is 7.98. The minimum atomic E-state index is 0.0462. The molecule has 1 aromatic heterocycles. The zero-order valence-electron chi connectivity index (χ0n) is 14.2. The van der Waals surface area contributed by atoms with E-state index in [1.165, 1.54) is 11.3 Å². The third kappa shape index (κ3) is 3.79. The van der Waals surface area contributed by atoms with E-state index in [2.05, 4.69) is 24.3 Å². The summed E-state index contributed by atoms with van der Waals surface area (Å²) in [7, 11) is 0. The summed E-state index contributed by atoms with van der Waals surface area (Å²) in [4.78, 5) is 15.5. The largest absolute Gasteiger partial charge is 0.489 e. The van der Waals surface area contributed by atoms with Crippen LogP contribution in [0.1, 0.15) is 26.2 Å². The molecule has 132 valence electrons. The Balaban J connectivity index is 1.49. The number of benzene rings is 2. The summed E-state index contributed by atoms with van der Waals surface area (Å²) < 4.78 is 5.95. The van der Waals surface area contributed by atoms with E-state index in [0.29, 0.717) is 6.61 Å². The zero-order chi connectivity index (χ0) is 17.8. The highest BCUT2D eigenvalue weighted by Crippen LogP contribution is 2.40. The van der Waals surface area contributed by atoms with Crippen molar-refractivity contribution in [2.75, 3.05) is 12.3 Å². The molecule has 0 bridgehead atoms. The van der Waals surface area contributed by atoms with Gasteiger partial charge in [-0.3, -0.25) is 4.79 Å². The maximum Gasteiger partial charge on any atom is 0.265 e. The van der Waals surface area contributed by atoms with Gasteiger partial charge >= 0.3 is 0 Å². The third-order valence-corrected chi connectivity index (χ3v) is 6.39. The van der Waals surface area contributed by atoms with Crippen molar-refractivity contribution in [3.63, 3.8) is 0 Å². The van der Waals surface area contributed by atoms with Gasteiger partial charge in [0.2, 0.25) is 0 Å². The van der Waals surface area contributed by atoms with Gasteiger partial charge in [0.25, 0.3) is 5.91 Å². The topological polar surface area (TPSA) is 29.5 Å². The Kier molecular flexibility index (Phi) is 5.27. The van der Waals surface area contributed by atoms with Gasteiger partial charge in [0.15, 0.2) is 0 Å². The molecule has 1 atom stereocenters. The van der Waals surface area contributed by atoms with Crippen molar-refractivity contribution < 1.29 is 9.53 Å². The predicted octanol–water partition coefficient (Wildman–Crippen LogP) is 5.21. The average Bonchev–Trinajstić information content (AvgIpc) is 3.39. The smallest absolute Gasteiger partial charge is 0.265 e. The SMILES string of the molecule is O=C(c1cccs1)N1CCS[C@H]1c1cccc(OCc2ccccc2)c1. The van der Waals surface area contributed by atoms with Crippen LogP contribution in [0.2, 0.25) is 0 Å². The molecule has 3 aromatic rings. The minimum absolute atomic E-state index is 0.0462. The standard InChI is InChI=1S/C21H19NO2S2/c23-20(19-10-5-12-25-19)22-11-13-26-21(22)17-8-4-9-18(14-17)24-15-16-6-2-1-3-7-16/h1-10,12,14,21H,11,13,15H2/t21-/m0/s1. The second-order valence-electron chi connectivity index (χ2n) is 6.05. The Bertz CT molecular complexity index is 865. The summed E-state index contributed by atoms with van der Waals surface area (Å²) in [5.41, 5.74) is 2.26. The highest BCUT2D eigenvalue weighted by atomic mass is 32.2. The van der Waals surface area contributed by atoms with E-state index in [9.17, 15) is 4.79 Å². The molecular formula is C21H19NO2S2. The quantitative estimate of drug-likeness (QED) is 0.607. The minimum Gasteiger partial charge on any atom is -0.489 e. The summed E-state index contributed by atoms with van der Waals surface area (Å²) >= 11 is 3.31. The van der Waals surface area contributed by atoms with Crippen molar-refractivity contribution in [3.05, 3.63) is 88.1 Å². The molecule has 0 saturated carbocycles. The van der Waals surface area contributed by atoms with Crippen LogP contribution in [0.25, 0.3) is 0 Å². The Morgan fingerprint density at radius 2 is 1.96 bits per heavy atom. The summed E-state index contributed by atoms with van der Waals surface area (Å²) in [5.74, 6) is 1.91. The Hall–Kier alpha value is -2.24. The van der Waals surface area contributed by atoms with Gasteiger partial charge in [0.05, 0.1) is 4.88 Å². The first-order chi connectivity index (χ1) is 12.8. The van der Waals surface area contributed by atoms with Gasteiger partial charge in [0, 0.05) is 12.3 Å². The molecule has 4 rings (SSSR count). The van der Waals surface area contributed by atoms with Gasteiger partial charge < -0.3 is 9.64 Å². The molecule has 5 heteroatoms. The molecule has 0 unspecified atom stereocenters. The van der Waals surface area contributed by atoms with E-state index < -0.39 is 0 Å². The number of ether oxygens (including phenoxy) is 1. The molecule has 0 radical (unpaired) electrons. The molecule has 26 heavy (non-hydrogen) atoms. The third-order valence-electron chi connectivity index (χ3n) is 4.28. The van der Waals surface area contributed by atoms with Crippen molar-refractivity contribution in [2.45, 2.75) is 12.0 Å². The summed E-state index contributed by atoms with van der Waals surface area (Å²) in [6, 6.07) is 22.1. The average molecular weight is 382 g/mol. The van der Waals surface area contributed by atoms with E-state index in [1.807, 2.05) is 52.7 Å². The first-order valence-corrected chi connectivity index (χ1v) is 10.5. The molecule has 2 heterocycles. The molecule has 3 nitrogen and oxygen atoms in total. The molecule has 1 aliphatic heterocycles. The van der Waals surface area contributed by atoms with Crippen molar-refractivity contribution in [1.29, 1.82) is 0 Å². The molecule has 1 aliphatic rings. The lowest BCUT2D eigenvalue weighted by molar-refractivity contribution is 0.0765. The number of nitrogens with zero attached hydrogens (tertiary/aromatic N) is 1. The van der Waals surface area contributed by atoms with E-state index in [4.69, 9.17) is 4.74 Å². The van der Waals surface area contributed by atoms with Crippen LogP contribution >= 0.6 is 23.1 Å². The lowest BCUT2D eigenvalue weighted by atomic mass is 10.2. The molecule has 0 N–H and O–H groups in total. The Labute approximate surface area is 161 Å². The van der Waals surface area contributed by atoms with E-state index >= 15 is 0 Å². The number of rotatable bonds is 5. The first-order valence-electron chi connectivity index (χ1n) is 8.54.